The molecule has 3 rings (SSSR count). The lowest BCUT2D eigenvalue weighted by molar-refractivity contribution is -0.143. The first-order chi connectivity index (χ1) is 9.47. The summed E-state index contributed by atoms with van der Waals surface area (Å²) >= 11 is 0. The van der Waals surface area contributed by atoms with Crippen molar-refractivity contribution < 1.29 is 13.2 Å². The van der Waals surface area contributed by atoms with E-state index in [1.54, 1.807) is 18.3 Å². The maximum Gasteiger partial charge on any atom is 0.433 e. The van der Waals surface area contributed by atoms with Gasteiger partial charge in [0.1, 0.15) is 5.69 Å². The van der Waals surface area contributed by atoms with Crippen LogP contribution in [0.2, 0.25) is 0 Å². The number of aliphatic imine (C=N–C) groups is 1. The topological polar surface area (TPSA) is 30.2 Å². The molecule has 104 valence electrons. The van der Waals surface area contributed by atoms with Gasteiger partial charge in [-0.1, -0.05) is 12.1 Å². The number of hydrogen-bond acceptors (Lipinski definition) is 2. The molecular formula is C14H12F3N3. The first-order valence-corrected chi connectivity index (χ1v) is 6.19. The van der Waals surface area contributed by atoms with Gasteiger partial charge in [-0.05, 0) is 29.2 Å². The van der Waals surface area contributed by atoms with Crippen LogP contribution in [0, 0.1) is 0 Å². The number of hydrogen-bond donors (Lipinski definition) is 0. The molecule has 2 aromatic rings. The first kappa shape index (κ1) is 12.9. The van der Waals surface area contributed by atoms with E-state index in [4.69, 9.17) is 0 Å². The van der Waals surface area contributed by atoms with Crippen LogP contribution in [-0.2, 0) is 19.6 Å². The Morgan fingerprint density at radius 2 is 2.05 bits per heavy atom. The van der Waals surface area contributed by atoms with E-state index in [2.05, 4.69) is 10.1 Å². The van der Waals surface area contributed by atoms with Gasteiger partial charge in [0, 0.05) is 25.4 Å². The summed E-state index contributed by atoms with van der Waals surface area (Å²) < 4.78 is 40.1. The molecule has 0 fully saturated rings. The molecule has 0 saturated heterocycles. The first-order valence-electron chi connectivity index (χ1n) is 6.19. The summed E-state index contributed by atoms with van der Waals surface area (Å²) in [5, 5.41) is 3.73. The Morgan fingerprint density at radius 3 is 2.80 bits per heavy atom. The summed E-state index contributed by atoms with van der Waals surface area (Å²) in [4.78, 5) is 4.16. The molecule has 0 spiro atoms. The fourth-order valence-corrected chi connectivity index (χ4v) is 2.44. The van der Waals surface area contributed by atoms with Crippen LogP contribution >= 0.6 is 0 Å². The molecule has 1 aliphatic heterocycles. The number of halogens is 3. The van der Waals surface area contributed by atoms with Gasteiger partial charge in [0.25, 0.3) is 0 Å². The van der Waals surface area contributed by atoms with Crippen molar-refractivity contribution in [2.75, 3.05) is 6.54 Å². The average Bonchev–Trinajstić information content (AvgIpc) is 2.80. The smallest absolute Gasteiger partial charge is 0.292 e. The second kappa shape index (κ2) is 4.47. The van der Waals surface area contributed by atoms with Crippen molar-refractivity contribution >= 4 is 6.21 Å². The number of aryl methyl sites for hydroxylation is 1. The zero-order valence-corrected chi connectivity index (χ0v) is 10.8. The fourth-order valence-electron chi connectivity index (χ4n) is 2.44. The summed E-state index contributed by atoms with van der Waals surface area (Å²) in [6.45, 7) is 0.729. The van der Waals surface area contributed by atoms with Gasteiger partial charge in [-0.3, -0.25) is 9.67 Å². The van der Waals surface area contributed by atoms with E-state index in [0.717, 1.165) is 28.8 Å². The van der Waals surface area contributed by atoms with E-state index in [1.165, 1.54) is 13.2 Å². The predicted molar refractivity (Wildman–Crippen MR) is 69.8 cm³/mol. The van der Waals surface area contributed by atoms with Crippen LogP contribution in [0.15, 0.2) is 29.4 Å². The molecule has 20 heavy (non-hydrogen) atoms. The van der Waals surface area contributed by atoms with Gasteiger partial charge in [0.15, 0.2) is 0 Å². The van der Waals surface area contributed by atoms with Gasteiger partial charge in [-0.25, -0.2) is 0 Å². The number of rotatable bonds is 1. The number of alkyl halides is 3. The van der Waals surface area contributed by atoms with Gasteiger partial charge in [0.2, 0.25) is 0 Å². The van der Waals surface area contributed by atoms with Crippen molar-refractivity contribution in [3.8, 4) is 11.1 Å². The van der Waals surface area contributed by atoms with E-state index < -0.39 is 11.9 Å². The van der Waals surface area contributed by atoms with Crippen molar-refractivity contribution in [1.29, 1.82) is 0 Å². The summed E-state index contributed by atoms with van der Waals surface area (Å²) in [5.74, 6) is 0. The van der Waals surface area contributed by atoms with Crippen molar-refractivity contribution in [3.05, 3.63) is 41.2 Å². The Kier molecular flexibility index (Phi) is 2.88. The molecule has 3 nitrogen and oxygen atoms in total. The normalized spacial score (nSPS) is 14.4. The molecule has 0 atom stereocenters. The zero-order valence-electron chi connectivity index (χ0n) is 10.8. The van der Waals surface area contributed by atoms with E-state index in [0.29, 0.717) is 5.56 Å². The van der Waals surface area contributed by atoms with Crippen LogP contribution < -0.4 is 0 Å². The summed E-state index contributed by atoms with van der Waals surface area (Å²) in [5.41, 5.74) is 1.87. The number of benzene rings is 1. The molecule has 6 heteroatoms. The Labute approximate surface area is 113 Å². The standard InChI is InChI=1S/C14H12F3N3/c1-20-13(14(15,16)17)12(8-19-20)10-3-2-9-4-5-18-7-11(9)6-10/h2-3,6-8H,4-5H2,1H3. The fraction of sp³-hybridized carbons (Fsp3) is 0.286. The van der Waals surface area contributed by atoms with Crippen LogP contribution in [0.3, 0.4) is 0 Å². The number of nitrogens with zero attached hydrogens (tertiary/aromatic N) is 3. The van der Waals surface area contributed by atoms with Crippen LogP contribution in [-0.4, -0.2) is 22.5 Å². The molecule has 0 unspecified atom stereocenters. The largest absolute Gasteiger partial charge is 0.433 e. The highest BCUT2D eigenvalue weighted by atomic mass is 19.4. The summed E-state index contributed by atoms with van der Waals surface area (Å²) in [7, 11) is 1.30. The molecule has 0 saturated carbocycles. The van der Waals surface area contributed by atoms with Gasteiger partial charge in [-0.15, -0.1) is 0 Å². The highest BCUT2D eigenvalue weighted by molar-refractivity contribution is 5.85. The lowest BCUT2D eigenvalue weighted by Gasteiger charge is -2.13. The lowest BCUT2D eigenvalue weighted by Crippen LogP contribution is -2.13. The Hall–Kier alpha value is -2.11. The Bertz CT molecular complexity index is 683. The van der Waals surface area contributed by atoms with Crippen LogP contribution in [0.5, 0.6) is 0 Å². The number of fused-ring (bicyclic) bond motifs is 1. The molecule has 1 aliphatic rings. The Morgan fingerprint density at radius 1 is 1.25 bits per heavy atom. The second-order valence-electron chi connectivity index (χ2n) is 4.73. The van der Waals surface area contributed by atoms with Crippen molar-refractivity contribution in [3.63, 3.8) is 0 Å². The molecule has 1 aromatic carbocycles. The quantitative estimate of drug-likeness (QED) is 0.789. The molecular weight excluding hydrogens is 267 g/mol. The molecule has 1 aromatic heterocycles. The van der Waals surface area contributed by atoms with E-state index in [9.17, 15) is 13.2 Å². The third kappa shape index (κ3) is 2.11. The minimum Gasteiger partial charge on any atom is -0.292 e. The highest BCUT2D eigenvalue weighted by Crippen LogP contribution is 2.37. The van der Waals surface area contributed by atoms with Gasteiger partial charge >= 0.3 is 6.18 Å². The monoisotopic (exact) mass is 279 g/mol. The van der Waals surface area contributed by atoms with Crippen LogP contribution in [0.4, 0.5) is 13.2 Å². The SMILES string of the molecule is Cn1ncc(-c2ccc3c(c2)C=NCC3)c1C(F)(F)F. The average molecular weight is 279 g/mol. The predicted octanol–water partition coefficient (Wildman–Crippen LogP) is 3.08. The maximum absolute atomic E-state index is 13.1. The summed E-state index contributed by atoms with van der Waals surface area (Å²) in [6, 6.07) is 5.32. The van der Waals surface area contributed by atoms with Crippen LogP contribution in [0.25, 0.3) is 11.1 Å². The van der Waals surface area contributed by atoms with Gasteiger partial charge in [0.05, 0.1) is 6.20 Å². The third-order valence-electron chi connectivity index (χ3n) is 3.40. The second-order valence-corrected chi connectivity index (χ2v) is 4.73. The molecule has 0 aliphatic carbocycles. The van der Waals surface area contributed by atoms with E-state index >= 15 is 0 Å². The maximum atomic E-state index is 13.1. The minimum atomic E-state index is -4.43. The van der Waals surface area contributed by atoms with Gasteiger partial charge in [-0.2, -0.15) is 18.3 Å². The molecule has 2 heterocycles. The lowest BCUT2D eigenvalue weighted by atomic mass is 9.97. The molecule has 0 N–H and O–H groups in total. The van der Waals surface area contributed by atoms with Gasteiger partial charge < -0.3 is 0 Å². The molecule has 0 amide bonds. The molecule has 0 bridgehead atoms. The third-order valence-corrected chi connectivity index (χ3v) is 3.40. The minimum absolute atomic E-state index is 0.0989. The van der Waals surface area contributed by atoms with Crippen molar-refractivity contribution in [2.45, 2.75) is 12.6 Å². The Balaban J connectivity index is 2.13. The highest BCUT2D eigenvalue weighted by Gasteiger charge is 2.37. The summed E-state index contributed by atoms with van der Waals surface area (Å²) in [6.07, 6.45) is -0.633. The van der Waals surface area contributed by atoms with E-state index in [1.807, 2.05) is 6.07 Å². The van der Waals surface area contributed by atoms with Crippen LogP contribution in [0.1, 0.15) is 16.8 Å². The van der Waals surface area contributed by atoms with Crippen molar-refractivity contribution in [1.82, 2.24) is 9.78 Å². The molecule has 0 radical (unpaired) electrons. The number of aromatic nitrogens is 2. The zero-order chi connectivity index (χ0) is 14.3. The van der Waals surface area contributed by atoms with E-state index in [-0.39, 0.29) is 5.56 Å². The van der Waals surface area contributed by atoms with Crippen molar-refractivity contribution in [2.24, 2.45) is 12.0 Å².